The average Bonchev–Trinajstić information content (AvgIpc) is 2.65. The molecule has 2 N–H and O–H groups in total. The van der Waals surface area contributed by atoms with Crippen molar-refractivity contribution in [1.82, 2.24) is 0 Å². The van der Waals surface area contributed by atoms with Crippen LogP contribution in [0.1, 0.15) is 45.1 Å². The highest BCUT2D eigenvalue weighted by molar-refractivity contribution is 6.03. The van der Waals surface area contributed by atoms with E-state index in [0.717, 1.165) is 0 Å². The minimum absolute atomic E-state index is 0.0458. The Morgan fingerprint density at radius 3 is 2.59 bits per heavy atom. The van der Waals surface area contributed by atoms with Gasteiger partial charge in [-0.1, -0.05) is 19.9 Å². The number of carbonyl (C=O) groups excluding carboxylic acids is 2. The second kappa shape index (κ2) is 7.81. The van der Waals surface area contributed by atoms with Crippen LogP contribution in [-0.4, -0.2) is 32.6 Å². The molecule has 1 heterocycles. The first-order valence-corrected chi connectivity index (χ1v) is 9.55. The SMILES string of the molecule is CCOC(=O)C1=C(N)OC2=C(C(=O)CC(C)(C)C2)[C@H]1c1ccc(OC)cc1OC. The Balaban J connectivity index is 2.23. The van der Waals surface area contributed by atoms with Gasteiger partial charge in [-0.05, 0) is 18.4 Å². The molecule has 1 atom stereocenters. The van der Waals surface area contributed by atoms with Crippen molar-refractivity contribution < 1.29 is 28.5 Å². The van der Waals surface area contributed by atoms with Crippen LogP contribution < -0.4 is 15.2 Å². The van der Waals surface area contributed by atoms with Gasteiger partial charge in [-0.25, -0.2) is 4.79 Å². The van der Waals surface area contributed by atoms with Crippen molar-refractivity contribution in [3.05, 3.63) is 46.6 Å². The van der Waals surface area contributed by atoms with Crippen molar-refractivity contribution >= 4 is 11.8 Å². The van der Waals surface area contributed by atoms with E-state index in [0.29, 0.717) is 41.2 Å². The fourth-order valence-corrected chi connectivity index (χ4v) is 3.96. The molecule has 0 radical (unpaired) electrons. The number of ketones is 1. The molecule has 7 heteroatoms. The van der Waals surface area contributed by atoms with Gasteiger partial charge in [-0.3, -0.25) is 4.79 Å². The maximum atomic E-state index is 13.2. The highest BCUT2D eigenvalue weighted by atomic mass is 16.5. The maximum Gasteiger partial charge on any atom is 0.340 e. The van der Waals surface area contributed by atoms with Gasteiger partial charge in [0.2, 0.25) is 5.88 Å². The molecule has 7 nitrogen and oxygen atoms in total. The number of allylic oxidation sites excluding steroid dienone is 2. The van der Waals surface area contributed by atoms with E-state index in [-0.39, 0.29) is 29.3 Å². The van der Waals surface area contributed by atoms with Crippen LogP contribution in [-0.2, 0) is 19.1 Å². The van der Waals surface area contributed by atoms with Crippen LogP contribution in [0.4, 0.5) is 0 Å². The van der Waals surface area contributed by atoms with E-state index in [1.807, 2.05) is 13.8 Å². The first kappa shape index (κ1) is 20.8. The summed E-state index contributed by atoms with van der Waals surface area (Å²) in [5, 5.41) is 0. The first-order chi connectivity index (χ1) is 13.7. The van der Waals surface area contributed by atoms with Gasteiger partial charge in [0, 0.05) is 30.0 Å². The number of methoxy groups -OCH3 is 2. The molecule has 1 aliphatic carbocycles. The molecule has 0 saturated carbocycles. The van der Waals surface area contributed by atoms with Crippen LogP contribution >= 0.6 is 0 Å². The lowest BCUT2D eigenvalue weighted by atomic mass is 9.70. The molecule has 0 unspecified atom stereocenters. The number of hydrogen-bond acceptors (Lipinski definition) is 7. The predicted molar refractivity (Wildman–Crippen MR) is 106 cm³/mol. The number of esters is 1. The van der Waals surface area contributed by atoms with Gasteiger partial charge in [0.15, 0.2) is 5.78 Å². The third-order valence-electron chi connectivity index (χ3n) is 5.20. The van der Waals surface area contributed by atoms with Gasteiger partial charge in [0.1, 0.15) is 22.8 Å². The zero-order valence-corrected chi connectivity index (χ0v) is 17.5. The Labute approximate surface area is 170 Å². The van der Waals surface area contributed by atoms with Crippen molar-refractivity contribution in [2.45, 2.75) is 39.5 Å². The quantitative estimate of drug-likeness (QED) is 0.757. The molecule has 29 heavy (non-hydrogen) atoms. The summed E-state index contributed by atoms with van der Waals surface area (Å²) in [5.41, 5.74) is 7.09. The first-order valence-electron chi connectivity index (χ1n) is 9.55. The molecule has 1 aromatic rings. The Kier molecular flexibility index (Phi) is 5.59. The Hall–Kier alpha value is -2.96. The summed E-state index contributed by atoms with van der Waals surface area (Å²) in [6, 6.07) is 5.24. The van der Waals surface area contributed by atoms with Gasteiger partial charge in [-0.15, -0.1) is 0 Å². The minimum atomic E-state index is -0.734. The number of ether oxygens (including phenoxy) is 4. The van der Waals surface area contributed by atoms with E-state index < -0.39 is 11.9 Å². The molecule has 1 aliphatic heterocycles. The van der Waals surface area contributed by atoms with Gasteiger partial charge in [-0.2, -0.15) is 0 Å². The third kappa shape index (κ3) is 3.81. The molecule has 0 fully saturated rings. The number of hydrogen-bond donors (Lipinski definition) is 1. The Bertz CT molecular complexity index is 912. The number of nitrogens with two attached hydrogens (primary N) is 1. The van der Waals surface area contributed by atoms with Crippen LogP contribution in [0.3, 0.4) is 0 Å². The van der Waals surface area contributed by atoms with Crippen LogP contribution in [0, 0.1) is 5.41 Å². The van der Waals surface area contributed by atoms with E-state index in [2.05, 4.69) is 0 Å². The van der Waals surface area contributed by atoms with Crippen LogP contribution in [0.15, 0.2) is 41.0 Å². The lowest BCUT2D eigenvalue weighted by Crippen LogP contribution is -2.35. The standard InChI is InChI=1S/C22H27NO6/c1-6-28-21(25)19-17(13-8-7-12(26-4)9-15(13)27-5)18-14(24)10-22(2,3)11-16(18)29-20(19)23/h7-9,17H,6,10-11,23H2,1-5H3/t17-/m1/s1. The van der Waals surface area contributed by atoms with Gasteiger partial charge < -0.3 is 24.7 Å². The van der Waals surface area contributed by atoms with E-state index in [9.17, 15) is 9.59 Å². The molecule has 1 aromatic carbocycles. The molecule has 0 aromatic heterocycles. The molecule has 3 rings (SSSR count). The topological polar surface area (TPSA) is 97.1 Å². The highest BCUT2D eigenvalue weighted by Crippen LogP contribution is 2.50. The van der Waals surface area contributed by atoms with Crippen molar-refractivity contribution in [3.63, 3.8) is 0 Å². The molecule has 0 amide bonds. The molecule has 156 valence electrons. The van der Waals surface area contributed by atoms with E-state index in [1.165, 1.54) is 7.11 Å². The Morgan fingerprint density at radius 2 is 1.97 bits per heavy atom. The zero-order chi connectivity index (χ0) is 21.3. The fourth-order valence-electron chi connectivity index (χ4n) is 3.96. The average molecular weight is 401 g/mol. The summed E-state index contributed by atoms with van der Waals surface area (Å²) in [6.07, 6.45) is 0.889. The summed E-state index contributed by atoms with van der Waals surface area (Å²) in [5.74, 6) is 0.107. The molecular formula is C22H27NO6. The predicted octanol–water partition coefficient (Wildman–Crippen LogP) is 3.19. The minimum Gasteiger partial charge on any atom is -0.497 e. The van der Waals surface area contributed by atoms with E-state index >= 15 is 0 Å². The molecule has 0 saturated heterocycles. The van der Waals surface area contributed by atoms with E-state index in [4.69, 9.17) is 24.7 Å². The maximum absolute atomic E-state index is 13.2. The second-order valence-electron chi connectivity index (χ2n) is 7.92. The number of rotatable bonds is 5. The fraction of sp³-hybridized carbons (Fsp3) is 0.455. The molecular weight excluding hydrogens is 374 g/mol. The summed E-state index contributed by atoms with van der Waals surface area (Å²) < 4.78 is 21.8. The lowest BCUT2D eigenvalue weighted by molar-refractivity contribution is -0.139. The largest absolute Gasteiger partial charge is 0.497 e. The number of carbonyl (C=O) groups is 2. The number of Topliss-reactive ketones (excluding diaryl/α,β-unsaturated/α-hetero) is 1. The smallest absolute Gasteiger partial charge is 0.340 e. The third-order valence-corrected chi connectivity index (χ3v) is 5.20. The lowest BCUT2D eigenvalue weighted by Gasteiger charge is -2.38. The van der Waals surface area contributed by atoms with Gasteiger partial charge in [0.05, 0.1) is 26.7 Å². The van der Waals surface area contributed by atoms with Crippen LogP contribution in [0.25, 0.3) is 0 Å². The monoisotopic (exact) mass is 401 g/mol. The number of benzene rings is 1. The van der Waals surface area contributed by atoms with Crippen molar-refractivity contribution in [1.29, 1.82) is 0 Å². The van der Waals surface area contributed by atoms with Crippen molar-refractivity contribution in [3.8, 4) is 11.5 Å². The zero-order valence-electron chi connectivity index (χ0n) is 17.5. The molecule has 0 spiro atoms. The summed E-state index contributed by atoms with van der Waals surface area (Å²) in [6.45, 7) is 5.89. The Morgan fingerprint density at radius 1 is 1.24 bits per heavy atom. The second-order valence-corrected chi connectivity index (χ2v) is 7.92. The van der Waals surface area contributed by atoms with Crippen molar-refractivity contribution in [2.75, 3.05) is 20.8 Å². The van der Waals surface area contributed by atoms with Crippen LogP contribution in [0.5, 0.6) is 11.5 Å². The van der Waals surface area contributed by atoms with Crippen molar-refractivity contribution in [2.24, 2.45) is 11.1 Å². The summed E-state index contributed by atoms with van der Waals surface area (Å²) >= 11 is 0. The van der Waals surface area contributed by atoms with Gasteiger partial charge >= 0.3 is 5.97 Å². The van der Waals surface area contributed by atoms with Gasteiger partial charge in [0.25, 0.3) is 0 Å². The normalized spacial score (nSPS) is 20.7. The van der Waals surface area contributed by atoms with Crippen LogP contribution in [0.2, 0.25) is 0 Å². The highest BCUT2D eigenvalue weighted by Gasteiger charge is 2.45. The summed E-state index contributed by atoms with van der Waals surface area (Å²) in [4.78, 5) is 25.9. The van der Waals surface area contributed by atoms with E-state index in [1.54, 1.807) is 32.2 Å². The molecule has 2 aliphatic rings. The summed E-state index contributed by atoms with van der Waals surface area (Å²) in [7, 11) is 3.08. The molecule has 0 bridgehead atoms.